The number of anilines is 1. The summed E-state index contributed by atoms with van der Waals surface area (Å²) in [4.78, 5) is 63.8. The van der Waals surface area contributed by atoms with Crippen molar-refractivity contribution < 1.29 is 33.1 Å². The third kappa shape index (κ3) is 6.53. The molecule has 3 heterocycles. The quantitative estimate of drug-likeness (QED) is 0.393. The zero-order chi connectivity index (χ0) is 32.5. The van der Waals surface area contributed by atoms with Crippen LogP contribution in [0, 0.1) is 0 Å². The number of hydroxylamine groups is 2. The number of ether oxygens (including phenoxy) is 1. The maximum atomic E-state index is 14.9. The first-order valence-corrected chi connectivity index (χ1v) is 15.1. The van der Waals surface area contributed by atoms with Crippen molar-refractivity contribution >= 4 is 40.7 Å². The minimum atomic E-state index is -1.36. The number of fused-ring (bicyclic) bond motifs is 1. The fourth-order valence-corrected chi connectivity index (χ4v) is 6.16. The lowest BCUT2D eigenvalue weighted by molar-refractivity contribution is -0.143. The Kier molecular flexibility index (Phi) is 8.92. The predicted molar refractivity (Wildman–Crippen MR) is 163 cm³/mol. The van der Waals surface area contributed by atoms with Crippen LogP contribution < -0.4 is 5.32 Å². The zero-order valence-corrected chi connectivity index (χ0v) is 26.2. The second-order valence-corrected chi connectivity index (χ2v) is 12.6. The number of amides is 3. The molecular formula is C32H39FN6O6. The summed E-state index contributed by atoms with van der Waals surface area (Å²) in [5, 5.41) is 7.92. The standard InChI is InChI=1S/C32H39FN6O6/c1-31(2,3)45-30(43)39-24-13-14-26(35-23(24)18-34-39)36-27(40)25-17-22(33)19-38(25)29(42)32(15-7-6-8-16-32)21-11-9-20(10-12-21)28(41)37(4)44-5/h9-14,18,22,25H,6-8,15-17,19H2,1-5H3,(H,35,36,40)/t22-,25-/m1/s1. The third-order valence-electron chi connectivity index (χ3n) is 8.42. The molecular weight excluding hydrogens is 583 g/mol. The average Bonchev–Trinajstić information content (AvgIpc) is 3.63. The average molecular weight is 623 g/mol. The molecule has 1 aliphatic heterocycles. The number of rotatable bonds is 6. The molecule has 2 fully saturated rings. The van der Waals surface area contributed by atoms with Gasteiger partial charge in [-0.1, -0.05) is 31.4 Å². The molecule has 2 aliphatic rings. The first-order chi connectivity index (χ1) is 21.3. The SMILES string of the molecule is CON(C)C(=O)c1ccc(C2(C(=O)N3C[C@H](F)C[C@@H]3C(=O)Nc3ccc4c(cnn4C(=O)OC(C)(C)C)n3)CCCCC2)cc1. The van der Waals surface area contributed by atoms with Crippen molar-refractivity contribution in [3.63, 3.8) is 0 Å². The van der Waals surface area contributed by atoms with Gasteiger partial charge in [-0.25, -0.2) is 19.2 Å². The molecule has 13 heteroatoms. The summed E-state index contributed by atoms with van der Waals surface area (Å²) in [5.74, 6) is -0.991. The Morgan fingerprint density at radius 3 is 2.38 bits per heavy atom. The van der Waals surface area contributed by atoms with Crippen LogP contribution >= 0.6 is 0 Å². The Morgan fingerprint density at radius 2 is 1.73 bits per heavy atom. The topological polar surface area (TPSA) is 136 Å². The third-order valence-corrected chi connectivity index (χ3v) is 8.42. The maximum Gasteiger partial charge on any atom is 0.435 e. The lowest BCUT2D eigenvalue weighted by Crippen LogP contribution is -2.52. The molecule has 0 bridgehead atoms. The lowest BCUT2D eigenvalue weighted by Gasteiger charge is -2.40. The molecule has 45 heavy (non-hydrogen) atoms. The monoisotopic (exact) mass is 622 g/mol. The predicted octanol–water partition coefficient (Wildman–Crippen LogP) is 4.63. The molecule has 3 aromatic rings. The van der Waals surface area contributed by atoms with Crippen LogP contribution in [0.15, 0.2) is 42.6 Å². The van der Waals surface area contributed by atoms with Gasteiger partial charge in [-0.2, -0.15) is 9.78 Å². The number of alkyl halides is 1. The van der Waals surface area contributed by atoms with Crippen molar-refractivity contribution in [3.8, 4) is 0 Å². The van der Waals surface area contributed by atoms with Crippen molar-refractivity contribution in [1.29, 1.82) is 0 Å². The van der Waals surface area contributed by atoms with E-state index in [1.54, 1.807) is 51.1 Å². The van der Waals surface area contributed by atoms with Gasteiger partial charge in [-0.3, -0.25) is 19.2 Å². The molecule has 2 atom stereocenters. The number of benzene rings is 1. The van der Waals surface area contributed by atoms with Crippen LogP contribution in [-0.4, -0.2) is 87.1 Å². The number of carbonyl (C=O) groups excluding carboxylic acids is 4. The highest BCUT2D eigenvalue weighted by Gasteiger charge is 2.49. The van der Waals surface area contributed by atoms with Crippen LogP contribution in [0.1, 0.15) is 75.2 Å². The second kappa shape index (κ2) is 12.5. The first kappa shape index (κ1) is 32.0. The van der Waals surface area contributed by atoms with Crippen molar-refractivity contribution in [3.05, 3.63) is 53.7 Å². The van der Waals surface area contributed by atoms with E-state index in [1.807, 2.05) is 0 Å². The number of aromatic nitrogens is 3. The molecule has 1 saturated heterocycles. The fourth-order valence-electron chi connectivity index (χ4n) is 6.16. The highest BCUT2D eigenvalue weighted by atomic mass is 19.1. The van der Waals surface area contributed by atoms with E-state index in [-0.39, 0.29) is 30.6 Å². The molecule has 1 saturated carbocycles. The number of pyridine rings is 1. The molecule has 12 nitrogen and oxygen atoms in total. The van der Waals surface area contributed by atoms with E-state index < -0.39 is 35.2 Å². The Hall–Kier alpha value is -4.39. The van der Waals surface area contributed by atoms with Crippen LogP contribution in [0.4, 0.5) is 15.0 Å². The smallest absolute Gasteiger partial charge is 0.435 e. The van der Waals surface area contributed by atoms with Gasteiger partial charge in [0.1, 0.15) is 29.1 Å². The zero-order valence-electron chi connectivity index (χ0n) is 26.2. The molecule has 5 rings (SSSR count). The number of hydrogen-bond donors (Lipinski definition) is 1. The summed E-state index contributed by atoms with van der Waals surface area (Å²) in [6, 6.07) is 8.93. The van der Waals surface area contributed by atoms with E-state index in [2.05, 4.69) is 15.4 Å². The molecule has 1 aromatic carbocycles. The fraction of sp³-hybridized carbons (Fsp3) is 0.500. The number of carbonyl (C=O) groups is 4. The van der Waals surface area contributed by atoms with Gasteiger partial charge in [0.2, 0.25) is 11.8 Å². The van der Waals surface area contributed by atoms with Gasteiger partial charge in [0.15, 0.2) is 0 Å². The van der Waals surface area contributed by atoms with E-state index >= 15 is 0 Å². The minimum Gasteiger partial charge on any atom is -0.442 e. The van der Waals surface area contributed by atoms with E-state index in [1.165, 1.54) is 31.3 Å². The Bertz CT molecular complexity index is 1590. The molecule has 0 unspecified atom stereocenters. The summed E-state index contributed by atoms with van der Waals surface area (Å²) in [5.41, 5.74) is 0.230. The summed E-state index contributed by atoms with van der Waals surface area (Å²) in [6.45, 7) is 5.05. The Morgan fingerprint density at radius 1 is 1.04 bits per heavy atom. The van der Waals surface area contributed by atoms with Gasteiger partial charge in [-0.05, 0) is 63.4 Å². The van der Waals surface area contributed by atoms with Crippen molar-refractivity contribution in [2.75, 3.05) is 26.0 Å². The number of nitrogens with zero attached hydrogens (tertiary/aromatic N) is 5. The van der Waals surface area contributed by atoms with Crippen molar-refractivity contribution in [1.82, 2.24) is 24.7 Å². The molecule has 2 aromatic heterocycles. The van der Waals surface area contributed by atoms with Gasteiger partial charge in [-0.15, -0.1) is 0 Å². The van der Waals surface area contributed by atoms with Gasteiger partial charge in [0, 0.05) is 19.0 Å². The summed E-state index contributed by atoms with van der Waals surface area (Å²) in [7, 11) is 2.91. The summed E-state index contributed by atoms with van der Waals surface area (Å²) < 4.78 is 21.4. The van der Waals surface area contributed by atoms with Crippen LogP contribution in [-0.2, 0) is 24.6 Å². The number of hydrogen-bond acceptors (Lipinski definition) is 8. The van der Waals surface area contributed by atoms with Crippen LogP contribution in [0.2, 0.25) is 0 Å². The van der Waals surface area contributed by atoms with Gasteiger partial charge in [0.25, 0.3) is 5.91 Å². The van der Waals surface area contributed by atoms with E-state index in [0.717, 1.165) is 34.6 Å². The molecule has 1 N–H and O–H groups in total. The highest BCUT2D eigenvalue weighted by Crippen LogP contribution is 2.43. The molecule has 3 amide bonds. The largest absolute Gasteiger partial charge is 0.442 e. The summed E-state index contributed by atoms with van der Waals surface area (Å²) in [6.07, 6.45) is 2.92. The maximum absolute atomic E-state index is 14.9. The van der Waals surface area contributed by atoms with Gasteiger partial charge < -0.3 is 15.0 Å². The molecule has 0 radical (unpaired) electrons. The van der Waals surface area contributed by atoms with E-state index in [9.17, 15) is 23.6 Å². The lowest BCUT2D eigenvalue weighted by atomic mass is 9.68. The van der Waals surface area contributed by atoms with E-state index in [4.69, 9.17) is 9.57 Å². The normalized spacial score (nSPS) is 19.7. The molecule has 0 spiro atoms. The highest BCUT2D eigenvalue weighted by molar-refractivity contribution is 6.00. The Labute approximate surface area is 260 Å². The number of halogens is 1. The molecule has 1 aliphatic carbocycles. The number of likely N-dealkylation sites (tertiary alicyclic amines) is 1. The van der Waals surface area contributed by atoms with Crippen LogP contribution in [0.5, 0.6) is 0 Å². The van der Waals surface area contributed by atoms with Gasteiger partial charge in [0.05, 0.1) is 30.8 Å². The number of nitrogens with one attached hydrogen (secondary N) is 1. The van der Waals surface area contributed by atoms with E-state index in [0.29, 0.717) is 29.4 Å². The first-order valence-electron chi connectivity index (χ1n) is 15.1. The Balaban J connectivity index is 1.37. The van der Waals surface area contributed by atoms with Crippen molar-refractivity contribution in [2.45, 2.75) is 82.5 Å². The van der Waals surface area contributed by atoms with Crippen LogP contribution in [0.25, 0.3) is 11.0 Å². The minimum absolute atomic E-state index is 0.136. The van der Waals surface area contributed by atoms with Crippen molar-refractivity contribution in [2.24, 2.45) is 0 Å². The van der Waals surface area contributed by atoms with Gasteiger partial charge >= 0.3 is 6.09 Å². The molecule has 240 valence electrons. The summed E-state index contributed by atoms with van der Waals surface area (Å²) >= 11 is 0. The van der Waals surface area contributed by atoms with Crippen LogP contribution in [0.3, 0.4) is 0 Å². The second-order valence-electron chi connectivity index (χ2n) is 12.6.